The summed E-state index contributed by atoms with van der Waals surface area (Å²) in [6, 6.07) is 8.29. The number of hydrogen-bond donors (Lipinski definition) is 1. The normalized spacial score (nSPS) is 18.2. The summed E-state index contributed by atoms with van der Waals surface area (Å²) in [7, 11) is 0. The lowest BCUT2D eigenvalue weighted by atomic mass is 9.83. The minimum absolute atomic E-state index is 0.216. The van der Waals surface area contributed by atoms with Gasteiger partial charge < -0.3 is 5.73 Å². The molecule has 0 radical (unpaired) electrons. The Balaban J connectivity index is 1.99. The zero-order valence-electron chi connectivity index (χ0n) is 11.9. The number of benzene rings is 1. The lowest BCUT2D eigenvalue weighted by Gasteiger charge is -2.22. The van der Waals surface area contributed by atoms with E-state index in [9.17, 15) is 4.79 Å². The van der Waals surface area contributed by atoms with Gasteiger partial charge in [0, 0.05) is 12.0 Å². The summed E-state index contributed by atoms with van der Waals surface area (Å²) in [5.74, 6) is 1.19. The molecule has 0 spiro atoms. The van der Waals surface area contributed by atoms with Gasteiger partial charge in [0.15, 0.2) is 5.78 Å². The fourth-order valence-electron chi connectivity index (χ4n) is 2.89. The summed E-state index contributed by atoms with van der Waals surface area (Å²) in [6.07, 6.45) is 7.23. The van der Waals surface area contributed by atoms with Gasteiger partial charge in [0.2, 0.25) is 0 Å². The molecule has 0 heterocycles. The number of Topliss-reactive ketones (excluding diaryl/α,β-unsaturated/α-hetero) is 1. The van der Waals surface area contributed by atoms with Crippen LogP contribution in [0.4, 0.5) is 0 Å². The third-order valence-corrected chi connectivity index (χ3v) is 4.25. The zero-order chi connectivity index (χ0) is 13.7. The van der Waals surface area contributed by atoms with Gasteiger partial charge >= 0.3 is 0 Å². The summed E-state index contributed by atoms with van der Waals surface area (Å²) in [5.41, 5.74) is 7.81. The van der Waals surface area contributed by atoms with Crippen molar-refractivity contribution in [2.45, 2.75) is 51.4 Å². The molecule has 2 N–H and O–H groups in total. The lowest BCUT2D eigenvalue weighted by Crippen LogP contribution is -2.15. The van der Waals surface area contributed by atoms with Crippen LogP contribution in [0.3, 0.4) is 0 Å². The van der Waals surface area contributed by atoms with Crippen molar-refractivity contribution in [3.8, 4) is 0 Å². The van der Waals surface area contributed by atoms with Crippen molar-refractivity contribution < 1.29 is 4.79 Å². The molecule has 104 valence electrons. The van der Waals surface area contributed by atoms with E-state index in [-0.39, 0.29) is 11.7 Å². The van der Waals surface area contributed by atoms with Crippen molar-refractivity contribution in [1.29, 1.82) is 0 Å². The molecule has 2 nitrogen and oxygen atoms in total. The molecule has 2 heteroatoms. The first-order valence-electron chi connectivity index (χ1n) is 7.54. The van der Waals surface area contributed by atoms with E-state index in [1.165, 1.54) is 37.7 Å². The average Bonchev–Trinajstić information content (AvgIpc) is 2.48. The average molecular weight is 259 g/mol. The fourth-order valence-corrected chi connectivity index (χ4v) is 2.89. The van der Waals surface area contributed by atoms with Crippen LogP contribution in [0.25, 0.3) is 0 Å². The van der Waals surface area contributed by atoms with Gasteiger partial charge in [-0.15, -0.1) is 0 Å². The highest BCUT2D eigenvalue weighted by molar-refractivity contribution is 5.96. The van der Waals surface area contributed by atoms with Crippen LogP contribution < -0.4 is 5.73 Å². The Kier molecular flexibility index (Phi) is 5.15. The van der Waals surface area contributed by atoms with Crippen LogP contribution in [0.15, 0.2) is 24.3 Å². The molecule has 1 aliphatic rings. The highest BCUT2D eigenvalue weighted by Gasteiger charge is 2.16. The molecule has 1 aliphatic carbocycles. The minimum Gasteiger partial charge on any atom is -0.330 e. The lowest BCUT2D eigenvalue weighted by molar-refractivity contribution is 0.0966. The highest BCUT2D eigenvalue weighted by atomic mass is 16.1. The Morgan fingerprint density at radius 1 is 1.21 bits per heavy atom. The second-order valence-corrected chi connectivity index (χ2v) is 5.93. The van der Waals surface area contributed by atoms with Gasteiger partial charge in [-0.3, -0.25) is 4.79 Å². The maximum absolute atomic E-state index is 12.0. The molecule has 0 aromatic heterocycles. The van der Waals surface area contributed by atoms with Gasteiger partial charge in [-0.2, -0.15) is 0 Å². The third kappa shape index (κ3) is 3.90. The van der Waals surface area contributed by atoms with Crippen molar-refractivity contribution in [3.05, 3.63) is 35.4 Å². The number of carbonyl (C=O) groups excluding carboxylic acids is 1. The van der Waals surface area contributed by atoms with Gasteiger partial charge in [-0.1, -0.05) is 50.5 Å². The van der Waals surface area contributed by atoms with Gasteiger partial charge in [0.05, 0.1) is 0 Å². The van der Waals surface area contributed by atoms with E-state index in [0.717, 1.165) is 5.56 Å². The van der Waals surface area contributed by atoms with Crippen molar-refractivity contribution in [3.63, 3.8) is 0 Å². The molecule has 1 aromatic rings. The topological polar surface area (TPSA) is 43.1 Å². The van der Waals surface area contributed by atoms with Gasteiger partial charge in [0.1, 0.15) is 0 Å². The van der Waals surface area contributed by atoms with Crippen LogP contribution in [0, 0.1) is 5.92 Å². The fraction of sp³-hybridized carbons (Fsp3) is 0.588. The van der Waals surface area contributed by atoms with E-state index in [1.807, 2.05) is 19.1 Å². The molecule has 19 heavy (non-hydrogen) atoms. The number of carbonyl (C=O) groups is 1. The van der Waals surface area contributed by atoms with Gasteiger partial charge in [0.25, 0.3) is 0 Å². The Morgan fingerprint density at radius 3 is 2.42 bits per heavy atom. The maximum Gasteiger partial charge on any atom is 0.163 e. The number of nitrogens with two attached hydrogens (primary N) is 1. The van der Waals surface area contributed by atoms with E-state index in [0.29, 0.717) is 18.9 Å². The van der Waals surface area contributed by atoms with E-state index >= 15 is 0 Å². The quantitative estimate of drug-likeness (QED) is 0.815. The smallest absolute Gasteiger partial charge is 0.163 e. The summed E-state index contributed by atoms with van der Waals surface area (Å²) in [4.78, 5) is 12.0. The monoisotopic (exact) mass is 259 g/mol. The number of rotatable bonds is 5. The van der Waals surface area contributed by atoms with Crippen LogP contribution in [0.1, 0.15) is 67.3 Å². The van der Waals surface area contributed by atoms with E-state index in [1.54, 1.807) is 0 Å². The molecule has 0 aliphatic heterocycles. The second kappa shape index (κ2) is 6.85. The molecule has 1 unspecified atom stereocenters. The molecule has 0 bridgehead atoms. The summed E-state index contributed by atoms with van der Waals surface area (Å²) in [6.45, 7) is 2.60. The summed E-state index contributed by atoms with van der Waals surface area (Å²) >= 11 is 0. The second-order valence-electron chi connectivity index (χ2n) is 5.93. The van der Waals surface area contributed by atoms with Crippen LogP contribution in [-0.4, -0.2) is 12.3 Å². The van der Waals surface area contributed by atoms with E-state index in [2.05, 4.69) is 12.1 Å². The molecule has 0 amide bonds. The van der Waals surface area contributed by atoms with E-state index < -0.39 is 0 Å². The van der Waals surface area contributed by atoms with Crippen LogP contribution >= 0.6 is 0 Å². The zero-order valence-corrected chi connectivity index (χ0v) is 11.9. The largest absolute Gasteiger partial charge is 0.330 e. The summed E-state index contributed by atoms with van der Waals surface area (Å²) in [5, 5.41) is 0. The Bertz CT molecular complexity index is 404. The third-order valence-electron chi connectivity index (χ3n) is 4.25. The molecular formula is C17H25NO. The van der Waals surface area contributed by atoms with Crippen LogP contribution in [-0.2, 0) is 0 Å². The number of hydrogen-bond acceptors (Lipinski definition) is 2. The first-order valence-corrected chi connectivity index (χ1v) is 7.54. The van der Waals surface area contributed by atoms with Crippen LogP contribution in [0.5, 0.6) is 0 Å². The molecular weight excluding hydrogens is 234 g/mol. The molecule has 1 saturated carbocycles. The first kappa shape index (κ1) is 14.3. The highest BCUT2D eigenvalue weighted by Crippen LogP contribution is 2.32. The maximum atomic E-state index is 12.0. The standard InChI is InChI=1S/C17H25NO/c1-13(12-18)11-17(19)16-9-7-15(8-10-16)14-5-3-2-4-6-14/h7-10,13-14H,2-6,11-12,18H2,1H3. The predicted molar refractivity (Wildman–Crippen MR) is 79.4 cm³/mol. The van der Waals surface area contributed by atoms with E-state index in [4.69, 9.17) is 5.73 Å². The van der Waals surface area contributed by atoms with Crippen LogP contribution in [0.2, 0.25) is 0 Å². The van der Waals surface area contributed by atoms with Gasteiger partial charge in [-0.05, 0) is 36.8 Å². The summed E-state index contributed by atoms with van der Waals surface area (Å²) < 4.78 is 0. The molecule has 1 aromatic carbocycles. The predicted octanol–water partition coefficient (Wildman–Crippen LogP) is 3.90. The Hall–Kier alpha value is -1.15. The SMILES string of the molecule is CC(CN)CC(=O)c1ccc(C2CCCCC2)cc1. The molecule has 1 atom stereocenters. The Morgan fingerprint density at radius 2 is 1.84 bits per heavy atom. The van der Waals surface area contributed by atoms with Crippen molar-refractivity contribution in [2.24, 2.45) is 11.7 Å². The minimum atomic E-state index is 0.216. The molecule has 2 rings (SSSR count). The van der Waals surface area contributed by atoms with Crippen molar-refractivity contribution in [1.82, 2.24) is 0 Å². The molecule has 1 fully saturated rings. The first-order chi connectivity index (χ1) is 9.20. The number of ketones is 1. The van der Waals surface area contributed by atoms with Crippen molar-refractivity contribution in [2.75, 3.05) is 6.54 Å². The molecule has 0 saturated heterocycles. The van der Waals surface area contributed by atoms with Gasteiger partial charge in [-0.25, -0.2) is 0 Å². The van der Waals surface area contributed by atoms with Crippen molar-refractivity contribution >= 4 is 5.78 Å². The Labute approximate surface area is 116 Å².